The summed E-state index contributed by atoms with van der Waals surface area (Å²) in [5.41, 5.74) is 3.23. The molecule has 0 aliphatic heterocycles. The fourth-order valence-corrected chi connectivity index (χ4v) is 4.79. The van der Waals surface area contributed by atoms with E-state index in [9.17, 15) is 4.79 Å². The van der Waals surface area contributed by atoms with Crippen molar-refractivity contribution in [2.24, 2.45) is 0 Å². The van der Waals surface area contributed by atoms with Gasteiger partial charge in [0.25, 0.3) is 0 Å². The van der Waals surface area contributed by atoms with Crippen molar-refractivity contribution in [3.8, 4) is 0 Å². The average molecular weight is 416 g/mol. The van der Waals surface area contributed by atoms with Gasteiger partial charge in [0.15, 0.2) is 5.78 Å². The highest BCUT2D eigenvalue weighted by atomic mass is 79.9. The number of halogens is 2. The van der Waals surface area contributed by atoms with Crippen LogP contribution in [0.5, 0.6) is 0 Å². The lowest BCUT2D eigenvalue weighted by atomic mass is 9.86. The molecule has 0 unspecified atom stereocenters. The molecule has 2 aromatic rings. The highest BCUT2D eigenvalue weighted by molar-refractivity contribution is 9.12. The number of rotatable bonds is 3. The standard InChI is InChI=1S/C16H16Br2OS/c1-16(2,3)11-6-4-10(5-7-11)8-13(19)12-9-14(17)20-15(12)18/h4-7,9H,8H2,1-3H3. The first kappa shape index (κ1) is 15.9. The number of ketones is 1. The van der Waals surface area contributed by atoms with Gasteiger partial charge < -0.3 is 0 Å². The number of hydrogen-bond donors (Lipinski definition) is 0. The molecule has 0 fully saturated rings. The van der Waals surface area contributed by atoms with Gasteiger partial charge in [-0.15, -0.1) is 11.3 Å². The van der Waals surface area contributed by atoms with Gasteiger partial charge in [-0.2, -0.15) is 0 Å². The SMILES string of the molecule is CC(C)(C)c1ccc(CC(=O)c2cc(Br)sc2Br)cc1. The fourth-order valence-electron chi connectivity index (χ4n) is 1.93. The van der Waals surface area contributed by atoms with E-state index in [0.29, 0.717) is 6.42 Å². The molecule has 0 amide bonds. The summed E-state index contributed by atoms with van der Waals surface area (Å²) in [5.74, 6) is 0.141. The van der Waals surface area contributed by atoms with Gasteiger partial charge in [-0.1, -0.05) is 45.0 Å². The van der Waals surface area contributed by atoms with Crippen LogP contribution in [0.1, 0.15) is 42.3 Å². The summed E-state index contributed by atoms with van der Waals surface area (Å²) in [5, 5.41) is 0. The summed E-state index contributed by atoms with van der Waals surface area (Å²) in [4.78, 5) is 12.3. The van der Waals surface area contributed by atoms with Gasteiger partial charge >= 0.3 is 0 Å². The number of thiophene rings is 1. The van der Waals surface area contributed by atoms with E-state index in [4.69, 9.17) is 0 Å². The third-order valence-electron chi connectivity index (χ3n) is 3.14. The van der Waals surface area contributed by atoms with Crippen LogP contribution in [0.4, 0.5) is 0 Å². The van der Waals surface area contributed by atoms with Crippen molar-refractivity contribution in [1.82, 2.24) is 0 Å². The minimum absolute atomic E-state index is 0.141. The van der Waals surface area contributed by atoms with Gasteiger partial charge in [-0.05, 0) is 54.5 Å². The van der Waals surface area contributed by atoms with Crippen molar-refractivity contribution in [2.45, 2.75) is 32.6 Å². The summed E-state index contributed by atoms with van der Waals surface area (Å²) < 4.78 is 1.86. The van der Waals surface area contributed by atoms with E-state index in [1.807, 2.05) is 18.2 Å². The van der Waals surface area contributed by atoms with Crippen molar-refractivity contribution in [2.75, 3.05) is 0 Å². The van der Waals surface area contributed by atoms with Gasteiger partial charge in [0.05, 0.1) is 7.57 Å². The normalized spacial score (nSPS) is 11.7. The molecule has 1 heterocycles. The molecule has 20 heavy (non-hydrogen) atoms. The number of hydrogen-bond acceptors (Lipinski definition) is 2. The Labute approximate surface area is 140 Å². The quantitative estimate of drug-likeness (QED) is 0.562. The predicted molar refractivity (Wildman–Crippen MR) is 92.9 cm³/mol. The van der Waals surface area contributed by atoms with E-state index >= 15 is 0 Å². The molecular formula is C16H16Br2OS. The number of carbonyl (C=O) groups excluding carboxylic acids is 1. The first-order valence-corrected chi connectivity index (χ1v) is 8.75. The van der Waals surface area contributed by atoms with E-state index in [1.54, 1.807) is 0 Å². The van der Waals surface area contributed by atoms with Crippen LogP contribution in [-0.2, 0) is 11.8 Å². The summed E-state index contributed by atoms with van der Waals surface area (Å²) in [6, 6.07) is 10.2. The molecule has 0 saturated carbocycles. The minimum atomic E-state index is 0.141. The zero-order chi connectivity index (χ0) is 14.9. The summed E-state index contributed by atoms with van der Waals surface area (Å²) >= 11 is 8.37. The fraction of sp³-hybridized carbons (Fsp3) is 0.312. The average Bonchev–Trinajstić information content (AvgIpc) is 2.68. The van der Waals surface area contributed by atoms with Gasteiger partial charge in [0, 0.05) is 12.0 Å². The Morgan fingerprint density at radius 2 is 1.75 bits per heavy atom. The van der Waals surface area contributed by atoms with Crippen molar-refractivity contribution < 1.29 is 4.79 Å². The molecule has 0 spiro atoms. The first-order valence-electron chi connectivity index (χ1n) is 6.35. The monoisotopic (exact) mass is 414 g/mol. The molecule has 0 aliphatic carbocycles. The number of benzene rings is 1. The lowest BCUT2D eigenvalue weighted by molar-refractivity contribution is 0.0992. The predicted octanol–water partition coefficient (Wildman–Crippen LogP) is 6.00. The van der Waals surface area contributed by atoms with Gasteiger partial charge in [0.1, 0.15) is 0 Å². The maximum Gasteiger partial charge on any atom is 0.169 e. The Morgan fingerprint density at radius 1 is 1.15 bits per heavy atom. The zero-order valence-electron chi connectivity index (χ0n) is 11.7. The van der Waals surface area contributed by atoms with E-state index in [0.717, 1.165) is 18.7 Å². The van der Waals surface area contributed by atoms with Crippen LogP contribution in [0.15, 0.2) is 37.9 Å². The molecule has 0 atom stereocenters. The maximum atomic E-state index is 12.3. The second-order valence-electron chi connectivity index (χ2n) is 5.78. The zero-order valence-corrected chi connectivity index (χ0v) is 15.7. The van der Waals surface area contributed by atoms with Crippen LogP contribution in [0, 0.1) is 0 Å². The Morgan fingerprint density at radius 3 is 2.20 bits per heavy atom. The van der Waals surface area contributed by atoms with E-state index in [2.05, 4.69) is 64.8 Å². The largest absolute Gasteiger partial charge is 0.294 e. The highest BCUT2D eigenvalue weighted by Crippen LogP contribution is 2.32. The van der Waals surface area contributed by atoms with Crippen LogP contribution < -0.4 is 0 Å². The molecule has 0 aliphatic rings. The van der Waals surface area contributed by atoms with Crippen LogP contribution in [0.25, 0.3) is 0 Å². The number of Topliss-reactive ketones (excluding diaryl/α,β-unsaturated/α-hetero) is 1. The molecule has 2 rings (SSSR count). The lowest BCUT2D eigenvalue weighted by Gasteiger charge is -2.19. The Kier molecular flexibility index (Phi) is 4.88. The summed E-state index contributed by atoms with van der Waals surface area (Å²) in [6.07, 6.45) is 0.437. The van der Waals surface area contributed by atoms with Crippen LogP contribution in [-0.4, -0.2) is 5.78 Å². The Hall–Kier alpha value is -0.450. The second kappa shape index (κ2) is 6.12. The molecule has 0 saturated heterocycles. The van der Waals surface area contributed by atoms with Crippen molar-refractivity contribution in [3.63, 3.8) is 0 Å². The molecule has 1 aromatic heterocycles. The summed E-state index contributed by atoms with van der Waals surface area (Å²) in [7, 11) is 0. The van der Waals surface area contributed by atoms with Crippen molar-refractivity contribution in [3.05, 3.63) is 54.6 Å². The van der Waals surface area contributed by atoms with Crippen molar-refractivity contribution >= 4 is 49.0 Å². The molecule has 1 nitrogen and oxygen atoms in total. The third kappa shape index (κ3) is 3.80. The molecule has 106 valence electrons. The van der Waals surface area contributed by atoms with E-state index < -0.39 is 0 Å². The molecule has 4 heteroatoms. The first-order chi connectivity index (χ1) is 9.27. The van der Waals surface area contributed by atoms with Gasteiger partial charge in [0.2, 0.25) is 0 Å². The molecule has 0 radical (unpaired) electrons. The minimum Gasteiger partial charge on any atom is -0.294 e. The molecule has 0 bridgehead atoms. The van der Waals surface area contributed by atoms with E-state index in [1.165, 1.54) is 16.9 Å². The smallest absolute Gasteiger partial charge is 0.169 e. The number of carbonyl (C=O) groups is 1. The second-order valence-corrected chi connectivity index (χ2v) is 9.53. The van der Waals surface area contributed by atoms with E-state index in [-0.39, 0.29) is 11.2 Å². The topological polar surface area (TPSA) is 17.1 Å². The van der Waals surface area contributed by atoms with Gasteiger partial charge in [-0.3, -0.25) is 4.79 Å². The Bertz CT molecular complexity index is 621. The maximum absolute atomic E-state index is 12.3. The molecule has 0 N–H and O–H groups in total. The van der Waals surface area contributed by atoms with Gasteiger partial charge in [-0.25, -0.2) is 0 Å². The van der Waals surface area contributed by atoms with Crippen LogP contribution in [0.2, 0.25) is 0 Å². The lowest BCUT2D eigenvalue weighted by Crippen LogP contribution is -2.11. The molecular weight excluding hydrogens is 400 g/mol. The molecule has 1 aromatic carbocycles. The van der Waals surface area contributed by atoms with Crippen LogP contribution >= 0.6 is 43.2 Å². The highest BCUT2D eigenvalue weighted by Gasteiger charge is 2.16. The third-order valence-corrected chi connectivity index (χ3v) is 5.48. The van der Waals surface area contributed by atoms with Crippen molar-refractivity contribution in [1.29, 1.82) is 0 Å². The summed E-state index contributed by atoms with van der Waals surface area (Å²) in [6.45, 7) is 6.56. The van der Waals surface area contributed by atoms with Crippen LogP contribution in [0.3, 0.4) is 0 Å². The Balaban J connectivity index is 2.14.